The van der Waals surface area contributed by atoms with Crippen molar-refractivity contribution in [3.8, 4) is 17.1 Å². The van der Waals surface area contributed by atoms with Gasteiger partial charge in [-0.15, -0.1) is 0 Å². The monoisotopic (exact) mass is 448 g/mol. The molecule has 7 nitrogen and oxygen atoms in total. The molecule has 4 aromatic rings. The van der Waals surface area contributed by atoms with Gasteiger partial charge in [-0.05, 0) is 48.9 Å². The number of anilines is 1. The predicted molar refractivity (Wildman–Crippen MR) is 127 cm³/mol. The van der Waals surface area contributed by atoms with Gasteiger partial charge in [0.05, 0.1) is 24.0 Å². The van der Waals surface area contributed by atoms with Crippen LogP contribution in [-0.2, 0) is 0 Å². The normalized spacial score (nSPS) is 15.8. The molecule has 1 unspecified atom stereocenters. The molecule has 0 amide bonds. The number of halogens is 1. The second kappa shape index (κ2) is 8.76. The van der Waals surface area contributed by atoms with E-state index in [1.807, 2.05) is 36.7 Å². The molecule has 1 aliphatic rings. The van der Waals surface area contributed by atoms with Crippen molar-refractivity contribution in [2.24, 2.45) is 0 Å². The zero-order chi connectivity index (χ0) is 22.1. The van der Waals surface area contributed by atoms with Gasteiger partial charge in [0.1, 0.15) is 17.1 Å². The quantitative estimate of drug-likeness (QED) is 0.482. The van der Waals surface area contributed by atoms with E-state index in [0.29, 0.717) is 11.1 Å². The third kappa shape index (κ3) is 3.89. The molecule has 4 heterocycles. The number of aromatic amines is 1. The maximum Gasteiger partial charge on any atom is 0.159 e. The molecule has 0 radical (unpaired) electrons. The number of ether oxygens (including phenoxy) is 1. The number of hydrogen-bond acceptors (Lipinski definition) is 6. The Morgan fingerprint density at radius 2 is 1.75 bits per heavy atom. The zero-order valence-electron chi connectivity index (χ0n) is 18.1. The van der Waals surface area contributed by atoms with Crippen LogP contribution in [0.1, 0.15) is 18.5 Å². The van der Waals surface area contributed by atoms with Gasteiger partial charge in [-0.3, -0.25) is 9.88 Å². The van der Waals surface area contributed by atoms with Gasteiger partial charge in [0.2, 0.25) is 0 Å². The Bertz CT molecular complexity index is 1200. The first-order valence-electron chi connectivity index (χ1n) is 10.7. The summed E-state index contributed by atoms with van der Waals surface area (Å²) in [5, 5.41) is 0.626. The van der Waals surface area contributed by atoms with Crippen LogP contribution in [0, 0.1) is 0 Å². The lowest BCUT2D eigenvalue weighted by Gasteiger charge is -2.39. The third-order valence-corrected chi connectivity index (χ3v) is 6.45. The summed E-state index contributed by atoms with van der Waals surface area (Å²) in [6, 6.07) is 12.3. The van der Waals surface area contributed by atoms with Gasteiger partial charge in [-0.1, -0.05) is 11.6 Å². The minimum atomic E-state index is 0.347. The molecular weight excluding hydrogens is 424 g/mol. The van der Waals surface area contributed by atoms with Crippen LogP contribution in [0.2, 0.25) is 5.02 Å². The van der Waals surface area contributed by atoms with E-state index in [0.717, 1.165) is 60.2 Å². The number of methoxy groups -OCH3 is 1. The van der Waals surface area contributed by atoms with E-state index >= 15 is 0 Å². The van der Waals surface area contributed by atoms with E-state index in [2.05, 4.69) is 43.8 Å². The van der Waals surface area contributed by atoms with Crippen molar-refractivity contribution in [3.05, 3.63) is 65.6 Å². The lowest BCUT2D eigenvalue weighted by Crippen LogP contribution is -2.47. The average molecular weight is 449 g/mol. The Labute approximate surface area is 192 Å². The van der Waals surface area contributed by atoms with E-state index in [4.69, 9.17) is 21.3 Å². The van der Waals surface area contributed by atoms with Gasteiger partial charge >= 0.3 is 0 Å². The first-order valence-corrected chi connectivity index (χ1v) is 11.1. The number of piperazine rings is 1. The highest BCUT2D eigenvalue weighted by atomic mass is 35.5. The van der Waals surface area contributed by atoms with Crippen molar-refractivity contribution in [3.63, 3.8) is 0 Å². The maximum atomic E-state index is 6.63. The van der Waals surface area contributed by atoms with E-state index in [1.165, 1.54) is 5.56 Å². The Kier molecular flexibility index (Phi) is 5.68. The molecule has 1 atom stereocenters. The lowest BCUT2D eigenvalue weighted by molar-refractivity contribution is 0.198. The highest BCUT2D eigenvalue weighted by molar-refractivity contribution is 6.34. The Morgan fingerprint density at radius 1 is 1.03 bits per heavy atom. The van der Waals surface area contributed by atoms with Gasteiger partial charge in [0.25, 0.3) is 0 Å². The molecule has 1 fully saturated rings. The van der Waals surface area contributed by atoms with Crippen molar-refractivity contribution in [2.75, 3.05) is 38.2 Å². The van der Waals surface area contributed by atoms with Crippen molar-refractivity contribution >= 4 is 28.5 Å². The van der Waals surface area contributed by atoms with Crippen molar-refractivity contribution < 1.29 is 4.74 Å². The third-order valence-electron chi connectivity index (χ3n) is 6.17. The molecule has 1 aliphatic heterocycles. The molecule has 0 saturated carbocycles. The molecule has 164 valence electrons. The molecule has 32 heavy (non-hydrogen) atoms. The summed E-state index contributed by atoms with van der Waals surface area (Å²) in [7, 11) is 1.66. The number of rotatable bonds is 5. The molecule has 1 saturated heterocycles. The van der Waals surface area contributed by atoms with Crippen LogP contribution >= 0.6 is 11.6 Å². The second-order valence-corrected chi connectivity index (χ2v) is 8.35. The molecule has 3 aromatic heterocycles. The fourth-order valence-corrected chi connectivity index (χ4v) is 4.55. The van der Waals surface area contributed by atoms with Crippen LogP contribution < -0.4 is 9.64 Å². The smallest absolute Gasteiger partial charge is 0.159 e. The molecule has 1 N–H and O–H groups in total. The Hall–Kier alpha value is -3.16. The first-order chi connectivity index (χ1) is 15.6. The van der Waals surface area contributed by atoms with E-state index in [-0.39, 0.29) is 0 Å². The topological polar surface area (TPSA) is 70.2 Å². The van der Waals surface area contributed by atoms with E-state index in [1.54, 1.807) is 13.3 Å². The first kappa shape index (κ1) is 20.7. The number of fused-ring (bicyclic) bond motifs is 1. The maximum absolute atomic E-state index is 6.63. The number of H-pyrrole nitrogens is 1. The summed E-state index contributed by atoms with van der Waals surface area (Å²) in [5.41, 5.74) is 4.75. The fourth-order valence-electron chi connectivity index (χ4n) is 4.29. The summed E-state index contributed by atoms with van der Waals surface area (Å²) in [6.07, 6.45) is 5.42. The Morgan fingerprint density at radius 3 is 2.44 bits per heavy atom. The minimum absolute atomic E-state index is 0.347. The lowest BCUT2D eigenvalue weighted by atomic mass is 10.1. The number of imidazole rings is 1. The van der Waals surface area contributed by atoms with Crippen LogP contribution in [0.3, 0.4) is 0 Å². The summed E-state index contributed by atoms with van der Waals surface area (Å²) < 4.78 is 5.26. The van der Waals surface area contributed by atoms with Crippen LogP contribution in [-0.4, -0.2) is 58.1 Å². The van der Waals surface area contributed by atoms with Gasteiger partial charge in [0.15, 0.2) is 5.65 Å². The molecule has 1 aromatic carbocycles. The van der Waals surface area contributed by atoms with Crippen LogP contribution in [0.15, 0.2) is 55.0 Å². The highest BCUT2D eigenvalue weighted by Gasteiger charge is 2.26. The Balaban J connectivity index is 1.39. The minimum Gasteiger partial charge on any atom is -0.497 e. The largest absolute Gasteiger partial charge is 0.497 e. The highest BCUT2D eigenvalue weighted by Crippen LogP contribution is 2.35. The molecule has 0 spiro atoms. The zero-order valence-corrected chi connectivity index (χ0v) is 18.9. The predicted octanol–water partition coefficient (Wildman–Crippen LogP) is 4.57. The summed E-state index contributed by atoms with van der Waals surface area (Å²) in [5.74, 6) is 1.58. The van der Waals surface area contributed by atoms with E-state index < -0.39 is 0 Å². The van der Waals surface area contributed by atoms with Crippen LogP contribution in [0.4, 0.5) is 5.69 Å². The number of pyridine rings is 2. The second-order valence-electron chi connectivity index (χ2n) is 7.95. The van der Waals surface area contributed by atoms with Crippen molar-refractivity contribution in [1.29, 1.82) is 0 Å². The number of hydrogen-bond donors (Lipinski definition) is 1. The number of benzene rings is 1. The van der Waals surface area contributed by atoms with Gasteiger partial charge in [-0.25, -0.2) is 9.97 Å². The number of nitrogens with zero attached hydrogens (tertiary/aromatic N) is 5. The standard InChI is InChI=1S/C24H25ClN6O/c1-16(17-7-9-26-10-8-17)30-11-13-31(14-12-30)22-20(25)15-27-24-21(22)28-23(29-24)18-3-5-19(32-2)6-4-18/h3-10,15-16H,11-14H2,1-2H3,(H,27,28,29). The summed E-state index contributed by atoms with van der Waals surface area (Å²) in [4.78, 5) is 21.6. The van der Waals surface area contributed by atoms with Gasteiger partial charge in [-0.2, -0.15) is 0 Å². The molecule has 0 aliphatic carbocycles. The molecule has 0 bridgehead atoms. The van der Waals surface area contributed by atoms with Crippen LogP contribution in [0.5, 0.6) is 5.75 Å². The molecule has 8 heteroatoms. The average Bonchev–Trinajstić information content (AvgIpc) is 3.28. The van der Waals surface area contributed by atoms with E-state index in [9.17, 15) is 0 Å². The van der Waals surface area contributed by atoms with Crippen molar-refractivity contribution in [1.82, 2.24) is 24.8 Å². The SMILES string of the molecule is COc1ccc(-c2nc3c(N4CCN(C(C)c5ccncc5)CC4)c(Cl)cnc3[nH]2)cc1. The summed E-state index contributed by atoms with van der Waals surface area (Å²) in [6.45, 7) is 5.88. The van der Waals surface area contributed by atoms with Gasteiger partial charge < -0.3 is 14.6 Å². The van der Waals surface area contributed by atoms with Gasteiger partial charge in [0, 0.05) is 50.2 Å². The van der Waals surface area contributed by atoms with Crippen LogP contribution in [0.25, 0.3) is 22.6 Å². The fraction of sp³-hybridized carbons (Fsp3) is 0.292. The number of aromatic nitrogens is 4. The molecular formula is C24H25ClN6O. The summed E-state index contributed by atoms with van der Waals surface area (Å²) >= 11 is 6.63. The van der Waals surface area contributed by atoms with Crippen molar-refractivity contribution in [2.45, 2.75) is 13.0 Å². The molecule has 5 rings (SSSR count). The number of nitrogens with one attached hydrogen (secondary N) is 1.